The Morgan fingerprint density at radius 3 is 2.61 bits per heavy atom. The van der Waals surface area contributed by atoms with Gasteiger partial charge in [0.05, 0.1) is 12.6 Å². The van der Waals surface area contributed by atoms with Gasteiger partial charge in [0.15, 0.2) is 0 Å². The zero-order valence-electron chi connectivity index (χ0n) is 14.0. The van der Waals surface area contributed by atoms with E-state index < -0.39 is 11.2 Å². The second-order valence-corrected chi connectivity index (χ2v) is 6.25. The van der Waals surface area contributed by atoms with Gasteiger partial charge in [-0.25, -0.2) is 4.79 Å². The van der Waals surface area contributed by atoms with E-state index >= 15 is 0 Å². The van der Waals surface area contributed by atoms with Gasteiger partial charge in [-0.15, -0.1) is 0 Å². The lowest BCUT2D eigenvalue weighted by molar-refractivity contribution is -0.691. The maximum atomic E-state index is 12.0. The van der Waals surface area contributed by atoms with Crippen molar-refractivity contribution in [2.75, 3.05) is 13.1 Å². The van der Waals surface area contributed by atoms with Crippen LogP contribution in [0.25, 0.3) is 0 Å². The van der Waals surface area contributed by atoms with Gasteiger partial charge < -0.3 is 10.4 Å². The van der Waals surface area contributed by atoms with Crippen molar-refractivity contribution in [2.24, 2.45) is 19.1 Å². The minimum atomic E-state index is -0.549. The van der Waals surface area contributed by atoms with Crippen LogP contribution in [0.4, 0.5) is 0 Å². The van der Waals surface area contributed by atoms with Gasteiger partial charge in [0, 0.05) is 33.3 Å². The summed E-state index contributed by atoms with van der Waals surface area (Å²) in [6, 6.07) is 0.757. The number of nitrogens with zero attached hydrogens (tertiary/aromatic N) is 3. The molecule has 0 bridgehead atoms. The molecule has 0 amide bonds. The zero-order chi connectivity index (χ0) is 16.8. The number of hydrogen-bond donors (Lipinski definition) is 2. The van der Waals surface area contributed by atoms with Crippen molar-refractivity contribution in [3.8, 4) is 5.88 Å². The molecule has 7 nitrogen and oxygen atoms in total. The number of quaternary nitrogens is 1. The van der Waals surface area contributed by atoms with Crippen LogP contribution in [-0.2, 0) is 14.1 Å². The molecule has 1 saturated carbocycles. The first-order valence-corrected chi connectivity index (χ1v) is 8.34. The Bertz CT molecular complexity index is 669. The third-order valence-corrected chi connectivity index (χ3v) is 4.53. The van der Waals surface area contributed by atoms with E-state index in [0.717, 1.165) is 28.1 Å². The maximum absolute atomic E-state index is 12.0. The molecule has 0 spiro atoms. The highest BCUT2D eigenvalue weighted by atomic mass is 16.3. The lowest BCUT2D eigenvalue weighted by Gasteiger charge is -2.19. The molecular weight excluding hydrogens is 296 g/mol. The fourth-order valence-corrected chi connectivity index (χ4v) is 3.03. The SMILES string of the molecule is Cn1c(O)c(C=NCCC[NH2+]C2CCCCC2)c(=O)n(C)c1=O. The van der Waals surface area contributed by atoms with E-state index in [1.54, 1.807) is 0 Å². The molecule has 1 aromatic heterocycles. The molecule has 0 saturated heterocycles. The normalized spacial score (nSPS) is 16.3. The van der Waals surface area contributed by atoms with Crippen molar-refractivity contribution in [3.63, 3.8) is 0 Å². The standard InChI is InChI=1S/C16H26N4O3/c1-19-14(21)13(15(22)20(2)16(19)23)11-17-9-6-10-18-12-7-4-3-5-8-12/h11-12,18,21H,3-10H2,1-2H3/p+1. The first-order chi connectivity index (χ1) is 11.0. The molecule has 1 fully saturated rings. The quantitative estimate of drug-likeness (QED) is 0.546. The maximum Gasteiger partial charge on any atom is 0.333 e. The average Bonchev–Trinajstić information content (AvgIpc) is 2.58. The molecule has 1 heterocycles. The number of hydrogen-bond acceptors (Lipinski definition) is 4. The molecular formula is C16H27N4O3+. The Balaban J connectivity index is 1.86. The lowest BCUT2D eigenvalue weighted by Crippen LogP contribution is -2.90. The molecule has 7 heteroatoms. The predicted octanol–water partition coefficient (Wildman–Crippen LogP) is -0.505. The van der Waals surface area contributed by atoms with E-state index in [-0.39, 0.29) is 11.4 Å². The molecule has 0 aromatic carbocycles. The fourth-order valence-electron chi connectivity index (χ4n) is 3.03. The Kier molecular flexibility index (Phi) is 6.15. The first kappa shape index (κ1) is 17.5. The topological polar surface area (TPSA) is 93.2 Å². The Labute approximate surface area is 135 Å². The number of aromatic nitrogens is 2. The third-order valence-electron chi connectivity index (χ3n) is 4.53. The number of aromatic hydroxyl groups is 1. The van der Waals surface area contributed by atoms with Crippen molar-refractivity contribution >= 4 is 6.21 Å². The van der Waals surface area contributed by atoms with E-state index in [1.807, 2.05) is 0 Å². The number of nitrogens with two attached hydrogens (primary N) is 1. The van der Waals surface area contributed by atoms with Crippen LogP contribution in [-0.4, -0.2) is 39.6 Å². The van der Waals surface area contributed by atoms with E-state index in [1.165, 1.54) is 52.4 Å². The number of aliphatic imine (C=N–C) groups is 1. The molecule has 3 N–H and O–H groups in total. The smallest absolute Gasteiger partial charge is 0.333 e. The highest BCUT2D eigenvalue weighted by molar-refractivity contribution is 5.81. The predicted molar refractivity (Wildman–Crippen MR) is 89.3 cm³/mol. The Morgan fingerprint density at radius 1 is 1.22 bits per heavy atom. The van der Waals surface area contributed by atoms with Gasteiger partial charge in [-0.1, -0.05) is 6.42 Å². The molecule has 128 valence electrons. The van der Waals surface area contributed by atoms with E-state index in [0.29, 0.717) is 6.54 Å². The van der Waals surface area contributed by atoms with E-state index in [4.69, 9.17) is 0 Å². The van der Waals surface area contributed by atoms with Gasteiger partial charge in [-0.3, -0.25) is 18.9 Å². The highest BCUT2D eigenvalue weighted by Crippen LogP contribution is 2.14. The van der Waals surface area contributed by atoms with Crippen LogP contribution in [0.5, 0.6) is 5.88 Å². The summed E-state index contributed by atoms with van der Waals surface area (Å²) in [7, 11) is 2.81. The van der Waals surface area contributed by atoms with Gasteiger partial charge in [0.25, 0.3) is 5.56 Å². The summed E-state index contributed by atoms with van der Waals surface area (Å²) < 4.78 is 2.01. The molecule has 0 unspecified atom stereocenters. The van der Waals surface area contributed by atoms with Crippen LogP contribution in [0.1, 0.15) is 44.1 Å². The molecule has 1 aliphatic rings. The summed E-state index contributed by atoms with van der Waals surface area (Å²) in [6.07, 6.45) is 8.98. The van der Waals surface area contributed by atoms with E-state index in [9.17, 15) is 14.7 Å². The monoisotopic (exact) mass is 323 g/mol. The molecule has 1 aromatic rings. The second-order valence-electron chi connectivity index (χ2n) is 6.25. The van der Waals surface area contributed by atoms with Crippen LogP contribution in [0.3, 0.4) is 0 Å². The van der Waals surface area contributed by atoms with Gasteiger partial charge in [0.2, 0.25) is 5.88 Å². The average molecular weight is 323 g/mol. The van der Waals surface area contributed by atoms with Crippen molar-refractivity contribution in [1.82, 2.24) is 9.13 Å². The van der Waals surface area contributed by atoms with Crippen LogP contribution < -0.4 is 16.6 Å². The second kappa shape index (κ2) is 8.10. The van der Waals surface area contributed by atoms with Crippen molar-refractivity contribution in [1.29, 1.82) is 0 Å². The van der Waals surface area contributed by atoms with Crippen molar-refractivity contribution in [3.05, 3.63) is 26.4 Å². The fraction of sp³-hybridized carbons (Fsp3) is 0.688. The van der Waals surface area contributed by atoms with Gasteiger partial charge in [0.1, 0.15) is 5.56 Å². The molecule has 0 atom stereocenters. The van der Waals surface area contributed by atoms with Crippen LogP contribution in [0, 0.1) is 0 Å². The summed E-state index contributed by atoms with van der Waals surface area (Å²) in [5.41, 5.74) is -1.01. The zero-order valence-corrected chi connectivity index (χ0v) is 14.0. The molecule has 2 rings (SSSR count). The number of rotatable bonds is 6. The Hall–Kier alpha value is -1.89. The molecule has 1 aliphatic carbocycles. The lowest BCUT2D eigenvalue weighted by atomic mass is 9.95. The first-order valence-electron chi connectivity index (χ1n) is 8.34. The summed E-state index contributed by atoms with van der Waals surface area (Å²) in [4.78, 5) is 27.9. The minimum absolute atomic E-state index is 0.0610. The summed E-state index contributed by atoms with van der Waals surface area (Å²) in [5, 5.41) is 12.3. The largest absolute Gasteiger partial charge is 0.494 e. The van der Waals surface area contributed by atoms with E-state index in [2.05, 4.69) is 10.3 Å². The van der Waals surface area contributed by atoms with Gasteiger partial charge in [-0.05, 0) is 25.7 Å². The minimum Gasteiger partial charge on any atom is -0.494 e. The highest BCUT2D eigenvalue weighted by Gasteiger charge is 2.15. The Morgan fingerprint density at radius 2 is 1.91 bits per heavy atom. The third kappa shape index (κ3) is 4.31. The van der Waals surface area contributed by atoms with Crippen LogP contribution in [0.15, 0.2) is 14.6 Å². The van der Waals surface area contributed by atoms with Crippen LogP contribution >= 0.6 is 0 Å². The van der Waals surface area contributed by atoms with Crippen molar-refractivity contribution in [2.45, 2.75) is 44.6 Å². The van der Waals surface area contributed by atoms with Gasteiger partial charge in [-0.2, -0.15) is 0 Å². The molecule has 0 radical (unpaired) electrons. The van der Waals surface area contributed by atoms with Gasteiger partial charge >= 0.3 is 5.69 Å². The van der Waals surface area contributed by atoms with Crippen LogP contribution in [0.2, 0.25) is 0 Å². The summed E-state index contributed by atoms with van der Waals surface area (Å²) in [6.45, 7) is 1.63. The molecule has 23 heavy (non-hydrogen) atoms. The summed E-state index contributed by atoms with van der Waals surface area (Å²) in [5.74, 6) is -0.337. The molecule has 0 aliphatic heterocycles. The summed E-state index contributed by atoms with van der Waals surface area (Å²) >= 11 is 0. The van der Waals surface area contributed by atoms with Crippen molar-refractivity contribution < 1.29 is 10.4 Å².